The zero-order chi connectivity index (χ0) is 40.7. The Morgan fingerprint density at radius 2 is 0.933 bits per heavy atom. The maximum atomic E-state index is 11.0. The van der Waals surface area contributed by atoms with Gasteiger partial charge in [-0.05, 0) is 56.9 Å². The van der Waals surface area contributed by atoms with Crippen molar-refractivity contribution in [2.45, 2.75) is 22.9 Å². The first-order chi connectivity index (χ1) is 29.6. The Morgan fingerprint density at radius 1 is 0.500 bits per heavy atom. The Labute approximate surface area is 359 Å². The summed E-state index contributed by atoms with van der Waals surface area (Å²) in [6, 6.07) is 44.4. The summed E-state index contributed by atoms with van der Waals surface area (Å²) in [6.07, 6.45) is 3.38. The smallest absolute Gasteiger partial charge is 0.163 e. The molecule has 0 amide bonds. The van der Waals surface area contributed by atoms with Gasteiger partial charge in [0.25, 0.3) is 0 Å². The summed E-state index contributed by atoms with van der Waals surface area (Å²) in [7, 11) is 0. The second kappa shape index (κ2) is 18.6. The number of aliphatic imine (C=N–C) groups is 2. The fourth-order valence-electron chi connectivity index (χ4n) is 7.79. The molecule has 7 aromatic rings. The van der Waals surface area contributed by atoms with Crippen molar-refractivity contribution in [3.8, 4) is 23.0 Å². The second-order valence-corrected chi connectivity index (χ2v) is 17.2. The van der Waals surface area contributed by atoms with E-state index in [9.17, 15) is 10.2 Å². The van der Waals surface area contributed by atoms with Gasteiger partial charge in [0.1, 0.15) is 24.7 Å². The van der Waals surface area contributed by atoms with E-state index in [4.69, 9.17) is 19.5 Å². The quantitative estimate of drug-likeness (QED) is 0.170. The van der Waals surface area contributed by atoms with E-state index in [1.807, 2.05) is 96.3 Å². The molecule has 2 bridgehead atoms. The van der Waals surface area contributed by atoms with Gasteiger partial charge in [0.05, 0.1) is 11.4 Å². The molecule has 0 saturated heterocycles. The van der Waals surface area contributed by atoms with Gasteiger partial charge in [0.2, 0.25) is 0 Å². The molecule has 2 unspecified atom stereocenters. The Hall–Kier alpha value is -5.78. The van der Waals surface area contributed by atoms with E-state index < -0.39 is 0 Å². The van der Waals surface area contributed by atoms with Crippen LogP contribution in [0.4, 0.5) is 11.4 Å². The molecule has 0 aliphatic carbocycles. The van der Waals surface area contributed by atoms with E-state index in [-0.39, 0.29) is 11.5 Å². The minimum Gasteiger partial charge on any atom is -0.507 e. The molecule has 0 fully saturated rings. The van der Waals surface area contributed by atoms with Gasteiger partial charge in [-0.2, -0.15) is 0 Å². The van der Waals surface area contributed by atoms with Crippen molar-refractivity contribution in [3.63, 3.8) is 0 Å². The van der Waals surface area contributed by atoms with Gasteiger partial charge in [-0.15, -0.1) is 23.5 Å². The van der Waals surface area contributed by atoms with Crippen molar-refractivity contribution in [1.29, 1.82) is 0 Å². The first kappa shape index (κ1) is 39.7. The van der Waals surface area contributed by atoms with Crippen LogP contribution in [0.3, 0.4) is 0 Å². The van der Waals surface area contributed by atoms with Gasteiger partial charge in [-0.1, -0.05) is 97.1 Å². The topological polar surface area (TPSA) is 90.1 Å². The molecule has 0 spiro atoms. The van der Waals surface area contributed by atoms with E-state index in [1.165, 1.54) is 20.9 Å². The summed E-state index contributed by atoms with van der Waals surface area (Å²) in [5.74, 6) is 3.31. The maximum absolute atomic E-state index is 11.0. The molecule has 3 aliphatic heterocycles. The van der Waals surface area contributed by atoms with E-state index in [1.54, 1.807) is 24.6 Å². The standard InChI is InChI=1S/C50H46N4O4S2/c55-45-19-17-35-9-1-5-13-39(35)41(45)31-51-43-29-47-48(30-44(43)52-32-42-40-14-6-2-10-36(40)18-20-46(42)56)58-26-22-54-24-28-60-49-15-7-3-11-37(49)33-53(21-25-57-47)23-27-59-50-16-8-4-12-38(50)34-54/h1-20,29-32,55-56H,21-28,33-34H2. The number of phenolic OH excluding ortho intramolecular Hbond substituents is 2. The molecule has 0 aromatic heterocycles. The molecule has 0 saturated carbocycles. The van der Waals surface area contributed by atoms with Gasteiger partial charge in [0.15, 0.2) is 11.5 Å². The molecule has 2 atom stereocenters. The van der Waals surface area contributed by atoms with Crippen molar-refractivity contribution >= 4 is 68.9 Å². The van der Waals surface area contributed by atoms with Crippen molar-refractivity contribution < 1.29 is 19.7 Å². The number of nitrogens with zero attached hydrogens (tertiary/aromatic N) is 4. The van der Waals surface area contributed by atoms with Crippen LogP contribution in [0.1, 0.15) is 22.3 Å². The highest BCUT2D eigenvalue weighted by atomic mass is 32.2. The first-order valence-electron chi connectivity index (χ1n) is 20.3. The molecule has 302 valence electrons. The van der Waals surface area contributed by atoms with Gasteiger partial charge in [-0.25, -0.2) is 0 Å². The lowest BCUT2D eigenvalue weighted by Crippen LogP contribution is -2.32. The van der Waals surface area contributed by atoms with Crippen molar-refractivity contribution in [3.05, 3.63) is 156 Å². The Bertz CT molecular complexity index is 2520. The second-order valence-electron chi connectivity index (χ2n) is 14.9. The summed E-state index contributed by atoms with van der Waals surface area (Å²) in [5.41, 5.74) is 4.94. The molecule has 8 nitrogen and oxygen atoms in total. The Balaban J connectivity index is 1.13. The zero-order valence-electron chi connectivity index (χ0n) is 33.2. The number of aromatic hydroxyl groups is 2. The number of phenols is 2. The highest BCUT2D eigenvalue weighted by molar-refractivity contribution is 7.99. The number of ether oxygens (including phenoxy) is 2. The lowest BCUT2D eigenvalue weighted by molar-refractivity contribution is 0.188. The van der Waals surface area contributed by atoms with E-state index in [0.29, 0.717) is 60.3 Å². The first-order valence-corrected chi connectivity index (χ1v) is 22.3. The van der Waals surface area contributed by atoms with E-state index in [2.05, 4.69) is 58.3 Å². The monoisotopic (exact) mass is 830 g/mol. The van der Waals surface area contributed by atoms with Crippen LogP contribution >= 0.6 is 23.5 Å². The van der Waals surface area contributed by atoms with Crippen LogP contribution in [-0.4, -0.2) is 83.3 Å². The minimum atomic E-state index is 0.131. The van der Waals surface area contributed by atoms with Crippen LogP contribution in [0.25, 0.3) is 21.5 Å². The molecule has 60 heavy (non-hydrogen) atoms. The zero-order valence-corrected chi connectivity index (χ0v) is 34.9. The molecule has 7 aromatic carbocycles. The van der Waals surface area contributed by atoms with Crippen molar-refractivity contribution in [1.82, 2.24) is 9.80 Å². The third kappa shape index (κ3) is 9.17. The number of benzene rings is 7. The van der Waals surface area contributed by atoms with Crippen molar-refractivity contribution in [2.75, 3.05) is 50.9 Å². The Kier molecular flexibility index (Phi) is 12.3. The van der Waals surface area contributed by atoms with Crippen LogP contribution in [0, 0.1) is 0 Å². The predicted molar refractivity (Wildman–Crippen MR) is 248 cm³/mol. The minimum absolute atomic E-state index is 0.131. The predicted octanol–water partition coefficient (Wildman–Crippen LogP) is 10.9. The third-order valence-corrected chi connectivity index (χ3v) is 13.2. The molecule has 0 radical (unpaired) electrons. The molecule has 3 aliphatic rings. The van der Waals surface area contributed by atoms with Gasteiger partial charge in [-0.3, -0.25) is 19.8 Å². The highest BCUT2D eigenvalue weighted by Crippen LogP contribution is 2.41. The number of fused-ring (bicyclic) bond motifs is 10. The SMILES string of the molecule is Oc1ccc2ccccc2c1C=Nc1cc2c(cc1N=Cc1c(O)ccc3ccccc13)OCCN1CCSc3ccccc3CN(CCO2)CCSc2ccccc2C1. The highest BCUT2D eigenvalue weighted by Gasteiger charge is 2.19. The third-order valence-electron chi connectivity index (χ3n) is 11.0. The largest absolute Gasteiger partial charge is 0.507 e. The summed E-state index contributed by atoms with van der Waals surface area (Å²) in [4.78, 5) is 17.6. The number of thioether (sulfide) groups is 2. The average molecular weight is 831 g/mol. The molecular formula is C50H46N4O4S2. The molecule has 2 N–H and O–H groups in total. The van der Waals surface area contributed by atoms with Crippen LogP contribution < -0.4 is 9.47 Å². The molecular weight excluding hydrogens is 785 g/mol. The van der Waals surface area contributed by atoms with E-state index in [0.717, 1.165) is 59.2 Å². The molecule has 10 rings (SSSR count). The lowest BCUT2D eigenvalue weighted by atomic mass is 10.0. The number of hydrogen-bond acceptors (Lipinski definition) is 10. The van der Waals surface area contributed by atoms with Crippen LogP contribution in [0.2, 0.25) is 0 Å². The summed E-state index contributed by atoms with van der Waals surface area (Å²) >= 11 is 3.85. The summed E-state index contributed by atoms with van der Waals surface area (Å²) in [5, 5.41) is 25.8. The maximum Gasteiger partial charge on any atom is 0.163 e. The van der Waals surface area contributed by atoms with Gasteiger partial charge in [0, 0.05) is 96.3 Å². The van der Waals surface area contributed by atoms with Crippen LogP contribution in [0.15, 0.2) is 153 Å². The molecule has 10 heteroatoms. The fourth-order valence-corrected chi connectivity index (χ4v) is 9.91. The summed E-state index contributed by atoms with van der Waals surface area (Å²) in [6.45, 7) is 5.70. The number of hydrogen-bond donors (Lipinski definition) is 2. The number of rotatable bonds is 4. The van der Waals surface area contributed by atoms with Gasteiger partial charge < -0.3 is 19.7 Å². The lowest BCUT2D eigenvalue weighted by Gasteiger charge is -2.27. The molecule has 3 heterocycles. The van der Waals surface area contributed by atoms with Crippen LogP contribution in [-0.2, 0) is 13.1 Å². The normalized spacial score (nSPS) is 17.8. The van der Waals surface area contributed by atoms with Crippen molar-refractivity contribution in [2.24, 2.45) is 9.98 Å². The average Bonchev–Trinajstić information content (AvgIpc) is 3.26. The van der Waals surface area contributed by atoms with Crippen LogP contribution in [0.5, 0.6) is 23.0 Å². The van der Waals surface area contributed by atoms with Gasteiger partial charge >= 0.3 is 0 Å². The fraction of sp³-hybridized carbons (Fsp3) is 0.200. The van der Waals surface area contributed by atoms with E-state index >= 15 is 0 Å². The Morgan fingerprint density at radius 3 is 1.42 bits per heavy atom. The summed E-state index contributed by atoms with van der Waals surface area (Å²) < 4.78 is 13.4.